The Morgan fingerprint density at radius 3 is 2.39 bits per heavy atom. The molecule has 0 amide bonds. The molecule has 0 saturated carbocycles. The molecule has 1 spiro atoms. The highest BCUT2D eigenvalue weighted by Crippen LogP contribution is 2.45. The lowest BCUT2D eigenvalue weighted by Crippen LogP contribution is -2.43. The smallest absolute Gasteiger partial charge is 0.0936 e. The van der Waals surface area contributed by atoms with Gasteiger partial charge in [-0.1, -0.05) is 59.8 Å². The first kappa shape index (κ1) is 14.5. The zero-order chi connectivity index (χ0) is 15.7. The summed E-state index contributed by atoms with van der Waals surface area (Å²) < 4.78 is 0. The van der Waals surface area contributed by atoms with Crippen LogP contribution in [-0.2, 0) is 13.0 Å². The van der Waals surface area contributed by atoms with Crippen molar-refractivity contribution in [3.05, 3.63) is 71.3 Å². The number of rotatable bonds is 2. The van der Waals surface area contributed by atoms with Crippen LogP contribution in [0.2, 0.25) is 0 Å². The molecule has 2 aliphatic rings. The predicted octanol–water partition coefficient (Wildman–Crippen LogP) is 3.70. The van der Waals surface area contributed by atoms with E-state index in [1.54, 1.807) is 0 Å². The minimum absolute atomic E-state index is 0.0334. The molecule has 1 aliphatic carbocycles. The summed E-state index contributed by atoms with van der Waals surface area (Å²) in [5.74, 6) is 0. The maximum Gasteiger partial charge on any atom is 0.0936 e. The first-order chi connectivity index (χ1) is 11.3. The monoisotopic (exact) mass is 306 g/mol. The maximum absolute atomic E-state index is 9.61. The minimum Gasteiger partial charge on any atom is -0.411 e. The van der Waals surface area contributed by atoms with Crippen LogP contribution in [0.5, 0.6) is 0 Å². The fourth-order valence-corrected chi connectivity index (χ4v) is 4.19. The van der Waals surface area contributed by atoms with Gasteiger partial charge in [0.05, 0.1) is 5.71 Å². The summed E-state index contributed by atoms with van der Waals surface area (Å²) in [5.41, 5.74) is 4.79. The van der Waals surface area contributed by atoms with Gasteiger partial charge in [0.2, 0.25) is 0 Å². The summed E-state index contributed by atoms with van der Waals surface area (Å²) in [6, 6.07) is 19.0. The van der Waals surface area contributed by atoms with Crippen LogP contribution < -0.4 is 0 Å². The van der Waals surface area contributed by atoms with E-state index < -0.39 is 0 Å². The highest BCUT2D eigenvalue weighted by molar-refractivity contribution is 6.08. The van der Waals surface area contributed by atoms with Gasteiger partial charge in [-0.05, 0) is 43.5 Å². The molecule has 0 aromatic heterocycles. The first-order valence-electron chi connectivity index (χ1n) is 8.38. The molecule has 0 bridgehead atoms. The maximum atomic E-state index is 9.61. The van der Waals surface area contributed by atoms with Crippen LogP contribution in [-0.4, -0.2) is 28.9 Å². The molecule has 2 aromatic carbocycles. The van der Waals surface area contributed by atoms with Crippen molar-refractivity contribution in [2.75, 3.05) is 13.1 Å². The van der Waals surface area contributed by atoms with Gasteiger partial charge in [0.1, 0.15) is 0 Å². The molecule has 1 aliphatic heterocycles. The largest absolute Gasteiger partial charge is 0.411 e. The van der Waals surface area contributed by atoms with Crippen molar-refractivity contribution in [3.8, 4) is 0 Å². The molecule has 3 nitrogen and oxygen atoms in total. The summed E-state index contributed by atoms with van der Waals surface area (Å²) in [6.45, 7) is 3.12. The number of likely N-dealkylation sites (tertiary alicyclic amines) is 1. The van der Waals surface area contributed by atoms with E-state index in [0.717, 1.165) is 50.2 Å². The van der Waals surface area contributed by atoms with Crippen LogP contribution in [0.15, 0.2) is 59.8 Å². The molecule has 118 valence electrons. The van der Waals surface area contributed by atoms with Crippen molar-refractivity contribution in [3.63, 3.8) is 0 Å². The van der Waals surface area contributed by atoms with Crippen molar-refractivity contribution in [1.29, 1.82) is 0 Å². The number of fused-ring (bicyclic) bond motifs is 1. The van der Waals surface area contributed by atoms with E-state index in [1.165, 1.54) is 11.1 Å². The zero-order valence-corrected chi connectivity index (χ0v) is 13.3. The highest BCUT2D eigenvalue weighted by atomic mass is 16.4. The molecule has 0 radical (unpaired) electrons. The van der Waals surface area contributed by atoms with Gasteiger partial charge < -0.3 is 5.21 Å². The van der Waals surface area contributed by atoms with Crippen molar-refractivity contribution < 1.29 is 5.21 Å². The zero-order valence-electron chi connectivity index (χ0n) is 13.3. The number of benzene rings is 2. The molecule has 0 atom stereocenters. The van der Waals surface area contributed by atoms with Gasteiger partial charge in [0.15, 0.2) is 0 Å². The molecular formula is C20H22N2O. The Morgan fingerprint density at radius 2 is 1.65 bits per heavy atom. The average Bonchev–Trinajstić information content (AvgIpc) is 2.91. The summed E-state index contributed by atoms with van der Waals surface area (Å²) in [4.78, 5) is 2.51. The van der Waals surface area contributed by atoms with E-state index in [1.807, 2.05) is 6.07 Å². The Morgan fingerprint density at radius 1 is 0.957 bits per heavy atom. The minimum atomic E-state index is 0.0334. The molecule has 0 unspecified atom stereocenters. The third-order valence-corrected chi connectivity index (χ3v) is 5.47. The lowest BCUT2D eigenvalue weighted by Gasteiger charge is -2.39. The Bertz CT molecular complexity index is 715. The van der Waals surface area contributed by atoms with E-state index in [2.05, 4.69) is 58.6 Å². The summed E-state index contributed by atoms with van der Waals surface area (Å²) >= 11 is 0. The molecule has 1 fully saturated rings. The standard InChI is InChI=1S/C20H22N2O/c23-21-19-18-9-5-4-8-17(18)14-20(19)10-12-22(13-11-20)15-16-6-2-1-3-7-16/h1-9,23H,10-15H2. The molecule has 23 heavy (non-hydrogen) atoms. The summed E-state index contributed by atoms with van der Waals surface area (Å²) in [6.07, 6.45) is 3.14. The second-order valence-corrected chi connectivity index (χ2v) is 6.82. The number of piperidine rings is 1. The van der Waals surface area contributed by atoms with Gasteiger partial charge in [0, 0.05) is 17.5 Å². The van der Waals surface area contributed by atoms with Gasteiger partial charge in [-0.3, -0.25) is 4.90 Å². The summed E-state index contributed by atoms with van der Waals surface area (Å²) in [7, 11) is 0. The van der Waals surface area contributed by atoms with Gasteiger partial charge in [-0.25, -0.2) is 0 Å². The van der Waals surface area contributed by atoms with Crippen LogP contribution in [0.25, 0.3) is 0 Å². The van der Waals surface area contributed by atoms with E-state index in [-0.39, 0.29) is 5.41 Å². The molecule has 1 N–H and O–H groups in total. The van der Waals surface area contributed by atoms with Gasteiger partial charge in [-0.2, -0.15) is 0 Å². The fraction of sp³-hybridized carbons (Fsp3) is 0.350. The number of nitrogens with zero attached hydrogens (tertiary/aromatic N) is 2. The van der Waals surface area contributed by atoms with Crippen LogP contribution in [0.4, 0.5) is 0 Å². The Balaban J connectivity index is 1.49. The fourth-order valence-electron chi connectivity index (χ4n) is 4.19. The number of oxime groups is 1. The molecule has 4 rings (SSSR count). The topological polar surface area (TPSA) is 35.8 Å². The van der Waals surface area contributed by atoms with E-state index >= 15 is 0 Å². The molecule has 1 saturated heterocycles. The normalized spacial score (nSPS) is 21.7. The van der Waals surface area contributed by atoms with Gasteiger partial charge >= 0.3 is 0 Å². The average molecular weight is 306 g/mol. The quantitative estimate of drug-likeness (QED) is 0.678. The first-order valence-corrected chi connectivity index (χ1v) is 8.38. The third-order valence-electron chi connectivity index (χ3n) is 5.47. The number of hydrogen-bond acceptors (Lipinski definition) is 3. The van der Waals surface area contributed by atoms with Gasteiger partial charge in [0.25, 0.3) is 0 Å². The van der Waals surface area contributed by atoms with Crippen LogP contribution in [0, 0.1) is 5.41 Å². The van der Waals surface area contributed by atoms with Gasteiger partial charge in [-0.15, -0.1) is 0 Å². The molecule has 2 aromatic rings. The van der Waals surface area contributed by atoms with E-state index in [9.17, 15) is 5.21 Å². The lowest BCUT2D eigenvalue weighted by molar-refractivity contribution is 0.146. The Hall–Kier alpha value is -2.13. The molecular weight excluding hydrogens is 284 g/mol. The van der Waals surface area contributed by atoms with Crippen LogP contribution in [0.1, 0.15) is 29.5 Å². The van der Waals surface area contributed by atoms with Crippen molar-refractivity contribution in [2.45, 2.75) is 25.8 Å². The lowest BCUT2D eigenvalue weighted by atomic mass is 9.74. The molecule has 1 heterocycles. The Kier molecular flexibility index (Phi) is 3.66. The third kappa shape index (κ3) is 2.55. The Labute approximate surface area is 137 Å². The van der Waals surface area contributed by atoms with Crippen LogP contribution in [0.3, 0.4) is 0 Å². The van der Waals surface area contributed by atoms with E-state index in [4.69, 9.17) is 0 Å². The van der Waals surface area contributed by atoms with Crippen molar-refractivity contribution >= 4 is 5.71 Å². The summed E-state index contributed by atoms with van der Waals surface area (Å²) in [5, 5.41) is 13.3. The van der Waals surface area contributed by atoms with Crippen molar-refractivity contribution in [2.24, 2.45) is 10.6 Å². The highest BCUT2D eigenvalue weighted by Gasteiger charge is 2.45. The van der Waals surface area contributed by atoms with Crippen LogP contribution >= 0.6 is 0 Å². The second kappa shape index (κ2) is 5.82. The molecule has 3 heteroatoms. The SMILES string of the molecule is ON=C1c2ccccc2CC12CCN(Cc1ccccc1)CC2. The predicted molar refractivity (Wildman–Crippen MR) is 91.9 cm³/mol. The van der Waals surface area contributed by atoms with E-state index in [0.29, 0.717) is 0 Å². The second-order valence-electron chi connectivity index (χ2n) is 6.82. The number of hydrogen-bond donors (Lipinski definition) is 1. The van der Waals surface area contributed by atoms with Crippen molar-refractivity contribution in [1.82, 2.24) is 4.90 Å².